The van der Waals surface area contributed by atoms with Crippen LogP contribution in [-0.2, 0) is 0 Å². The first-order valence-corrected chi connectivity index (χ1v) is 17.0. The van der Waals surface area contributed by atoms with E-state index < -0.39 is 0 Å². The van der Waals surface area contributed by atoms with Crippen molar-refractivity contribution in [2.75, 3.05) is 0 Å². The third-order valence-electron chi connectivity index (χ3n) is 9.86. The van der Waals surface area contributed by atoms with Gasteiger partial charge in [0.2, 0.25) is 0 Å². The van der Waals surface area contributed by atoms with Gasteiger partial charge in [0.15, 0.2) is 5.58 Å². The molecule has 0 amide bonds. The molecular weight excluding hydrogens is 611 g/mol. The predicted octanol–water partition coefficient (Wildman–Crippen LogP) is 11.5. The lowest BCUT2D eigenvalue weighted by molar-refractivity contribution is 0.665. The van der Waals surface area contributed by atoms with Gasteiger partial charge in [0.25, 0.3) is 0 Å². The van der Waals surface area contributed by atoms with Gasteiger partial charge in [0, 0.05) is 27.1 Å². The Bertz CT molecular complexity index is 2770. The number of benzene rings is 7. The minimum Gasteiger partial charge on any atom is -0.454 e. The van der Waals surface area contributed by atoms with E-state index in [0.29, 0.717) is 0 Å². The zero-order valence-electron chi connectivity index (χ0n) is 27.1. The highest BCUT2D eigenvalue weighted by molar-refractivity contribution is 6.14. The number of hydrogen-bond acceptors (Lipinski definition) is 3. The van der Waals surface area contributed by atoms with Crippen LogP contribution in [0.5, 0.6) is 0 Å². The number of hydrogen-bond donors (Lipinski definition) is 1. The minimum atomic E-state index is -0.132. The smallest absolute Gasteiger partial charge is 0.159 e. The van der Waals surface area contributed by atoms with Crippen LogP contribution in [0.4, 0.5) is 0 Å². The summed E-state index contributed by atoms with van der Waals surface area (Å²) in [4.78, 5) is 5.10. The van der Waals surface area contributed by atoms with Crippen molar-refractivity contribution < 1.29 is 4.42 Å². The molecule has 0 radical (unpaired) electrons. The molecule has 1 N–H and O–H groups in total. The normalized spacial score (nSPS) is 14.6. The molecule has 0 fully saturated rings. The van der Waals surface area contributed by atoms with Gasteiger partial charge in [-0.1, -0.05) is 146 Å². The Morgan fingerprint density at radius 3 is 1.98 bits per heavy atom. The fraction of sp³-hybridized carbons (Fsp3) is 0.0217. The Kier molecular flexibility index (Phi) is 6.53. The number of nitrogens with one attached hydrogen (secondary N) is 1. The first-order chi connectivity index (χ1) is 24.8. The quantitative estimate of drug-likeness (QED) is 0.203. The van der Waals surface area contributed by atoms with Crippen LogP contribution in [0.25, 0.3) is 66.3 Å². The summed E-state index contributed by atoms with van der Waals surface area (Å²) in [6, 6.07) is 59.6. The van der Waals surface area contributed by atoms with Gasteiger partial charge < -0.3 is 14.3 Å². The SMILES string of the molecule is C1=C(c2ccccc2)N=C(c2ccccc2)NC1c1cccc2oc3c(-n4c5ccccc5c5ccc(-c6ccccc6)cc54)cccc3c12. The van der Waals surface area contributed by atoms with Crippen LogP contribution in [0.15, 0.2) is 185 Å². The summed E-state index contributed by atoms with van der Waals surface area (Å²) in [5.41, 5.74) is 11.6. The molecule has 3 heterocycles. The van der Waals surface area contributed by atoms with E-state index in [-0.39, 0.29) is 6.04 Å². The number of aromatic nitrogens is 1. The van der Waals surface area contributed by atoms with Crippen LogP contribution in [0, 0.1) is 0 Å². The van der Waals surface area contributed by atoms with Crippen molar-refractivity contribution in [3.8, 4) is 16.8 Å². The van der Waals surface area contributed by atoms with Crippen LogP contribution >= 0.6 is 0 Å². The molecule has 1 aliphatic heterocycles. The van der Waals surface area contributed by atoms with Gasteiger partial charge in [0.05, 0.1) is 28.5 Å². The maximum atomic E-state index is 6.87. The summed E-state index contributed by atoms with van der Waals surface area (Å²) < 4.78 is 9.24. The molecule has 4 nitrogen and oxygen atoms in total. The van der Waals surface area contributed by atoms with Crippen LogP contribution < -0.4 is 5.32 Å². The van der Waals surface area contributed by atoms with Gasteiger partial charge >= 0.3 is 0 Å². The molecule has 0 saturated carbocycles. The average molecular weight is 642 g/mol. The molecule has 1 unspecified atom stereocenters. The molecule has 50 heavy (non-hydrogen) atoms. The van der Waals surface area contributed by atoms with Gasteiger partial charge in [0.1, 0.15) is 11.4 Å². The monoisotopic (exact) mass is 641 g/mol. The molecule has 7 aromatic carbocycles. The maximum Gasteiger partial charge on any atom is 0.159 e. The summed E-state index contributed by atoms with van der Waals surface area (Å²) in [5, 5.41) is 8.39. The van der Waals surface area contributed by atoms with Crippen LogP contribution in [-0.4, -0.2) is 10.4 Å². The Balaban J connectivity index is 1.19. The van der Waals surface area contributed by atoms with Crippen LogP contribution in [0.1, 0.15) is 22.7 Å². The molecule has 10 rings (SSSR count). The summed E-state index contributed by atoms with van der Waals surface area (Å²) in [7, 11) is 0. The fourth-order valence-corrected chi connectivity index (χ4v) is 7.55. The van der Waals surface area contributed by atoms with Crippen molar-refractivity contribution in [3.63, 3.8) is 0 Å². The Morgan fingerprint density at radius 2 is 1.18 bits per heavy atom. The molecule has 0 bridgehead atoms. The van der Waals surface area contributed by atoms with Crippen molar-refractivity contribution in [2.45, 2.75) is 6.04 Å². The van der Waals surface area contributed by atoms with Crippen LogP contribution in [0.2, 0.25) is 0 Å². The molecule has 0 saturated heterocycles. The Morgan fingerprint density at radius 1 is 0.520 bits per heavy atom. The molecule has 1 atom stereocenters. The largest absolute Gasteiger partial charge is 0.454 e. The summed E-state index contributed by atoms with van der Waals surface area (Å²) in [5.74, 6) is 0.849. The highest BCUT2D eigenvalue weighted by atomic mass is 16.3. The van der Waals surface area contributed by atoms with E-state index >= 15 is 0 Å². The lowest BCUT2D eigenvalue weighted by Crippen LogP contribution is -2.31. The van der Waals surface area contributed by atoms with Crippen molar-refractivity contribution in [3.05, 3.63) is 193 Å². The van der Waals surface area contributed by atoms with Gasteiger partial charge in [-0.15, -0.1) is 0 Å². The summed E-state index contributed by atoms with van der Waals surface area (Å²) in [6.07, 6.45) is 2.23. The van der Waals surface area contributed by atoms with E-state index in [9.17, 15) is 0 Å². The standard InChI is InChI=1S/C46H31N3O/c1-4-14-30(15-5-1)33-26-27-35-34-20-10-11-23-40(34)49(42(35)28-33)41-24-12-22-37-44-36(21-13-25-43(44)50-45(37)41)39-29-38(31-16-6-2-7-17-31)47-46(48-39)32-18-8-3-9-19-32/h1-29,39H,(H,47,48). The zero-order chi connectivity index (χ0) is 33.0. The molecule has 4 heteroatoms. The third kappa shape index (κ3) is 4.57. The van der Waals surface area contributed by atoms with Crippen molar-refractivity contribution in [2.24, 2.45) is 4.99 Å². The first-order valence-electron chi connectivity index (χ1n) is 17.0. The molecule has 9 aromatic rings. The lowest BCUT2D eigenvalue weighted by atomic mass is 9.96. The summed E-state index contributed by atoms with van der Waals surface area (Å²) >= 11 is 0. The molecule has 236 valence electrons. The molecule has 2 aromatic heterocycles. The number of amidine groups is 1. The van der Waals surface area contributed by atoms with Gasteiger partial charge in [-0.2, -0.15) is 0 Å². The highest BCUT2D eigenvalue weighted by Gasteiger charge is 2.25. The van der Waals surface area contributed by atoms with E-state index in [4.69, 9.17) is 9.41 Å². The van der Waals surface area contributed by atoms with Gasteiger partial charge in [-0.25, -0.2) is 4.99 Å². The van der Waals surface area contributed by atoms with E-state index in [1.807, 2.05) is 12.1 Å². The molecule has 0 spiro atoms. The van der Waals surface area contributed by atoms with E-state index in [2.05, 4.69) is 174 Å². The number of nitrogens with zero attached hydrogens (tertiary/aromatic N) is 2. The number of aliphatic imine (C=N–C) groups is 1. The number of fused-ring (bicyclic) bond motifs is 6. The Labute approximate surface area is 289 Å². The second-order valence-corrected chi connectivity index (χ2v) is 12.8. The van der Waals surface area contributed by atoms with Crippen molar-refractivity contribution >= 4 is 55.3 Å². The molecular formula is C46H31N3O. The first kappa shape index (κ1) is 28.4. The summed E-state index contributed by atoms with van der Waals surface area (Å²) in [6.45, 7) is 0. The number of rotatable bonds is 5. The molecule has 1 aliphatic rings. The van der Waals surface area contributed by atoms with Gasteiger partial charge in [-0.3, -0.25) is 0 Å². The van der Waals surface area contributed by atoms with E-state index in [1.54, 1.807) is 0 Å². The predicted molar refractivity (Wildman–Crippen MR) is 207 cm³/mol. The second-order valence-electron chi connectivity index (χ2n) is 12.8. The van der Waals surface area contributed by atoms with E-state index in [0.717, 1.165) is 66.9 Å². The lowest BCUT2D eigenvalue weighted by Gasteiger charge is -2.25. The minimum absolute atomic E-state index is 0.132. The average Bonchev–Trinajstić information content (AvgIpc) is 3.74. The highest BCUT2D eigenvalue weighted by Crippen LogP contribution is 2.42. The van der Waals surface area contributed by atoms with E-state index in [1.165, 1.54) is 21.9 Å². The third-order valence-corrected chi connectivity index (χ3v) is 9.86. The second kappa shape index (κ2) is 11.5. The zero-order valence-corrected chi connectivity index (χ0v) is 27.1. The fourth-order valence-electron chi connectivity index (χ4n) is 7.55. The van der Waals surface area contributed by atoms with Crippen molar-refractivity contribution in [1.29, 1.82) is 0 Å². The van der Waals surface area contributed by atoms with Crippen molar-refractivity contribution in [1.82, 2.24) is 9.88 Å². The topological polar surface area (TPSA) is 42.5 Å². The number of furan rings is 1. The van der Waals surface area contributed by atoms with Gasteiger partial charge in [-0.05, 0) is 52.6 Å². The molecule has 0 aliphatic carbocycles. The Hall–Kier alpha value is -6.65. The van der Waals surface area contributed by atoms with Crippen LogP contribution in [0.3, 0.4) is 0 Å². The number of para-hydroxylation sites is 2. The maximum absolute atomic E-state index is 6.87.